The first-order valence-electron chi connectivity index (χ1n) is 8.11. The highest BCUT2D eigenvalue weighted by Crippen LogP contribution is 2.21. The van der Waals surface area contributed by atoms with Crippen molar-refractivity contribution in [2.75, 3.05) is 7.11 Å². The second-order valence-corrected chi connectivity index (χ2v) is 5.86. The van der Waals surface area contributed by atoms with E-state index in [1.54, 1.807) is 18.5 Å². The molecule has 1 amide bonds. The lowest BCUT2D eigenvalue weighted by Gasteiger charge is -2.15. The molecule has 0 saturated carbocycles. The normalized spacial score (nSPS) is 12.1. The first-order chi connectivity index (χ1) is 12.1. The van der Waals surface area contributed by atoms with Crippen LogP contribution in [0.4, 0.5) is 4.39 Å². The van der Waals surface area contributed by atoms with Crippen LogP contribution in [0.5, 0.6) is 5.75 Å². The number of carbonyl (C=O) groups excluding carboxylic acids is 1. The number of carbonyl (C=O) groups is 1. The number of imidazole rings is 1. The van der Waals surface area contributed by atoms with E-state index < -0.39 is 5.82 Å². The molecule has 3 aromatic rings. The molecule has 25 heavy (non-hydrogen) atoms. The summed E-state index contributed by atoms with van der Waals surface area (Å²) in [7, 11) is 1.42. The largest absolute Gasteiger partial charge is 0.494 e. The third-order valence-electron chi connectivity index (χ3n) is 4.16. The molecular weight excluding hydrogens is 321 g/mol. The number of amides is 1. The number of aryl methyl sites for hydroxylation is 1. The molecule has 2 aromatic carbocycles. The highest BCUT2D eigenvalue weighted by Gasteiger charge is 2.13. The van der Waals surface area contributed by atoms with E-state index in [0.717, 1.165) is 11.0 Å². The van der Waals surface area contributed by atoms with Crippen molar-refractivity contribution < 1.29 is 13.9 Å². The minimum absolute atomic E-state index is 0.0958. The molecule has 0 radical (unpaired) electrons. The van der Waals surface area contributed by atoms with Crippen molar-refractivity contribution in [3.8, 4) is 5.75 Å². The molecule has 1 N–H and O–H groups in total. The van der Waals surface area contributed by atoms with E-state index in [0.29, 0.717) is 18.5 Å². The highest BCUT2D eigenvalue weighted by atomic mass is 19.1. The lowest BCUT2D eigenvalue weighted by atomic mass is 10.1. The van der Waals surface area contributed by atoms with Crippen LogP contribution >= 0.6 is 0 Å². The quantitative estimate of drug-likeness (QED) is 0.747. The van der Waals surface area contributed by atoms with Gasteiger partial charge >= 0.3 is 0 Å². The fourth-order valence-corrected chi connectivity index (χ4v) is 2.76. The van der Waals surface area contributed by atoms with Crippen molar-refractivity contribution in [2.45, 2.75) is 25.9 Å². The second kappa shape index (κ2) is 7.34. The summed E-state index contributed by atoms with van der Waals surface area (Å²) in [6, 6.07) is 12.2. The third-order valence-corrected chi connectivity index (χ3v) is 4.16. The zero-order valence-electron chi connectivity index (χ0n) is 14.2. The molecule has 1 heterocycles. The summed E-state index contributed by atoms with van der Waals surface area (Å²) in [4.78, 5) is 16.5. The molecule has 6 heteroatoms. The summed E-state index contributed by atoms with van der Waals surface area (Å²) in [5.74, 6) is -0.346. The van der Waals surface area contributed by atoms with E-state index in [2.05, 4.69) is 10.3 Å². The topological polar surface area (TPSA) is 56.1 Å². The first kappa shape index (κ1) is 17.0. The SMILES string of the molecule is COc1ccc(C(C)NC(=O)CCn2cnc3ccccc32)cc1F. The second-order valence-electron chi connectivity index (χ2n) is 5.86. The maximum absolute atomic E-state index is 13.8. The van der Waals surface area contributed by atoms with Gasteiger partial charge < -0.3 is 14.6 Å². The van der Waals surface area contributed by atoms with Crippen LogP contribution in [0.2, 0.25) is 0 Å². The number of para-hydroxylation sites is 2. The van der Waals surface area contributed by atoms with Gasteiger partial charge in [-0.1, -0.05) is 18.2 Å². The van der Waals surface area contributed by atoms with Gasteiger partial charge in [0, 0.05) is 13.0 Å². The predicted octanol–water partition coefficient (Wildman–Crippen LogP) is 3.45. The van der Waals surface area contributed by atoms with Gasteiger partial charge in [-0.25, -0.2) is 9.37 Å². The Kier molecular flexibility index (Phi) is 4.97. The summed E-state index contributed by atoms with van der Waals surface area (Å²) in [6.45, 7) is 2.36. The van der Waals surface area contributed by atoms with Crippen LogP contribution < -0.4 is 10.1 Å². The van der Waals surface area contributed by atoms with Crippen molar-refractivity contribution in [3.63, 3.8) is 0 Å². The Morgan fingerprint density at radius 1 is 1.32 bits per heavy atom. The van der Waals surface area contributed by atoms with Gasteiger partial charge in [-0.05, 0) is 36.8 Å². The average molecular weight is 341 g/mol. The van der Waals surface area contributed by atoms with Gasteiger partial charge in [-0.15, -0.1) is 0 Å². The number of nitrogens with zero attached hydrogens (tertiary/aromatic N) is 2. The van der Waals surface area contributed by atoms with Gasteiger partial charge in [-0.3, -0.25) is 4.79 Å². The molecule has 1 atom stereocenters. The highest BCUT2D eigenvalue weighted by molar-refractivity contribution is 5.77. The summed E-state index contributed by atoms with van der Waals surface area (Å²) < 4.78 is 20.6. The number of aromatic nitrogens is 2. The van der Waals surface area contributed by atoms with Crippen LogP contribution in [0.1, 0.15) is 24.9 Å². The molecule has 1 aromatic heterocycles. The van der Waals surface area contributed by atoms with Gasteiger partial charge in [0.2, 0.25) is 5.91 Å². The van der Waals surface area contributed by atoms with Crippen molar-refractivity contribution in [1.82, 2.24) is 14.9 Å². The van der Waals surface area contributed by atoms with Crippen LogP contribution in [-0.4, -0.2) is 22.6 Å². The van der Waals surface area contributed by atoms with Crippen LogP contribution in [-0.2, 0) is 11.3 Å². The first-order valence-corrected chi connectivity index (χ1v) is 8.11. The van der Waals surface area contributed by atoms with Crippen molar-refractivity contribution >= 4 is 16.9 Å². The van der Waals surface area contributed by atoms with Gasteiger partial charge in [0.25, 0.3) is 0 Å². The summed E-state index contributed by atoms with van der Waals surface area (Å²) in [6.07, 6.45) is 2.06. The maximum Gasteiger partial charge on any atom is 0.222 e. The molecular formula is C19H20FN3O2. The van der Waals surface area contributed by atoms with Gasteiger partial charge in [0.15, 0.2) is 11.6 Å². The molecule has 0 aliphatic rings. The molecule has 3 rings (SSSR count). The van der Waals surface area contributed by atoms with Crippen molar-refractivity contribution in [1.29, 1.82) is 0 Å². The Hall–Kier alpha value is -2.89. The minimum Gasteiger partial charge on any atom is -0.494 e. The summed E-state index contributed by atoms with van der Waals surface area (Å²) in [5, 5.41) is 2.89. The zero-order valence-corrected chi connectivity index (χ0v) is 14.2. The van der Waals surface area contributed by atoms with Crippen molar-refractivity contribution in [2.24, 2.45) is 0 Å². The van der Waals surface area contributed by atoms with E-state index in [9.17, 15) is 9.18 Å². The number of methoxy groups -OCH3 is 1. The minimum atomic E-state index is -0.439. The number of rotatable bonds is 6. The van der Waals surface area contributed by atoms with Gasteiger partial charge in [0.05, 0.1) is 30.5 Å². The fourth-order valence-electron chi connectivity index (χ4n) is 2.76. The molecule has 0 bridgehead atoms. The van der Waals surface area contributed by atoms with Gasteiger partial charge in [0.1, 0.15) is 0 Å². The Morgan fingerprint density at radius 2 is 2.12 bits per heavy atom. The van der Waals surface area contributed by atoms with Crippen LogP contribution in [0.15, 0.2) is 48.8 Å². The number of benzene rings is 2. The molecule has 5 nitrogen and oxygen atoms in total. The number of hydrogen-bond donors (Lipinski definition) is 1. The molecule has 1 unspecified atom stereocenters. The van der Waals surface area contributed by atoms with Crippen molar-refractivity contribution in [3.05, 3.63) is 60.2 Å². The number of nitrogens with one attached hydrogen (secondary N) is 1. The van der Waals surface area contributed by atoms with E-state index in [-0.39, 0.29) is 17.7 Å². The van der Waals surface area contributed by atoms with Gasteiger partial charge in [-0.2, -0.15) is 0 Å². The predicted molar refractivity (Wildman–Crippen MR) is 93.9 cm³/mol. The molecule has 0 fully saturated rings. The Labute approximate surface area is 145 Å². The van der Waals surface area contributed by atoms with E-state index in [1.165, 1.54) is 13.2 Å². The van der Waals surface area contributed by atoms with E-state index in [1.807, 2.05) is 35.8 Å². The zero-order chi connectivity index (χ0) is 17.8. The standard InChI is InChI=1S/C19H20FN3O2/c1-13(14-7-8-18(25-2)15(20)11-14)22-19(24)9-10-23-12-21-16-5-3-4-6-17(16)23/h3-8,11-13H,9-10H2,1-2H3,(H,22,24). The average Bonchev–Trinajstić information content (AvgIpc) is 3.03. The molecule has 0 saturated heterocycles. The summed E-state index contributed by atoms with van der Waals surface area (Å²) in [5.41, 5.74) is 2.60. The lowest BCUT2D eigenvalue weighted by Crippen LogP contribution is -2.27. The lowest BCUT2D eigenvalue weighted by molar-refractivity contribution is -0.121. The molecule has 0 spiro atoms. The Balaban J connectivity index is 1.59. The van der Waals surface area contributed by atoms with E-state index >= 15 is 0 Å². The number of fused-ring (bicyclic) bond motifs is 1. The number of hydrogen-bond acceptors (Lipinski definition) is 3. The Bertz CT molecular complexity index is 891. The monoisotopic (exact) mass is 341 g/mol. The van der Waals surface area contributed by atoms with E-state index in [4.69, 9.17) is 4.74 Å². The Morgan fingerprint density at radius 3 is 2.88 bits per heavy atom. The number of ether oxygens (including phenoxy) is 1. The van der Waals surface area contributed by atoms with Crippen LogP contribution in [0.3, 0.4) is 0 Å². The van der Waals surface area contributed by atoms with Crippen LogP contribution in [0.25, 0.3) is 11.0 Å². The number of halogens is 1. The smallest absolute Gasteiger partial charge is 0.222 e. The molecule has 130 valence electrons. The third kappa shape index (κ3) is 3.79. The molecule has 0 aliphatic carbocycles. The fraction of sp³-hybridized carbons (Fsp3) is 0.263. The molecule has 0 aliphatic heterocycles. The maximum atomic E-state index is 13.8. The summed E-state index contributed by atoms with van der Waals surface area (Å²) >= 11 is 0. The van der Waals surface area contributed by atoms with Crippen LogP contribution in [0, 0.1) is 5.82 Å².